The van der Waals surface area contributed by atoms with Gasteiger partial charge in [-0.1, -0.05) is 25.4 Å². The second-order valence-electron chi connectivity index (χ2n) is 3.91. The number of carbonyl (C=O) groups is 1. The number of methoxy groups -OCH3 is 1. The number of ether oxygens (including phenoxy) is 1. The van der Waals surface area contributed by atoms with Crippen molar-refractivity contribution in [1.82, 2.24) is 0 Å². The quantitative estimate of drug-likeness (QED) is 0.787. The fraction of sp³-hybridized carbons (Fsp3) is 0.462. The second-order valence-corrected chi connectivity index (χ2v) is 4.34. The average molecular weight is 241 g/mol. The largest absolute Gasteiger partial charge is 0.496 e. The summed E-state index contributed by atoms with van der Waals surface area (Å²) >= 11 is 5.90. The van der Waals surface area contributed by atoms with Crippen LogP contribution in [0.5, 0.6) is 5.75 Å². The van der Waals surface area contributed by atoms with Crippen LogP contribution in [-0.4, -0.2) is 12.9 Å². The average Bonchev–Trinajstić information content (AvgIpc) is 2.28. The van der Waals surface area contributed by atoms with Gasteiger partial charge in [-0.3, -0.25) is 4.79 Å². The van der Waals surface area contributed by atoms with Crippen molar-refractivity contribution in [3.8, 4) is 5.75 Å². The first-order valence-corrected chi connectivity index (χ1v) is 5.81. The Balaban J connectivity index is 2.87. The van der Waals surface area contributed by atoms with Crippen molar-refractivity contribution in [2.75, 3.05) is 7.11 Å². The van der Waals surface area contributed by atoms with E-state index in [1.807, 2.05) is 13.8 Å². The number of hydrogen-bond donors (Lipinski definition) is 0. The van der Waals surface area contributed by atoms with Crippen molar-refractivity contribution in [2.45, 2.75) is 26.7 Å². The predicted molar refractivity (Wildman–Crippen MR) is 66.2 cm³/mol. The van der Waals surface area contributed by atoms with Crippen LogP contribution >= 0.6 is 11.6 Å². The van der Waals surface area contributed by atoms with E-state index in [4.69, 9.17) is 16.3 Å². The van der Waals surface area contributed by atoms with Gasteiger partial charge in [-0.2, -0.15) is 0 Å². The fourth-order valence-electron chi connectivity index (χ4n) is 1.47. The van der Waals surface area contributed by atoms with Crippen molar-refractivity contribution in [2.24, 2.45) is 5.92 Å². The maximum absolute atomic E-state index is 11.8. The molecule has 0 bridgehead atoms. The molecule has 0 fully saturated rings. The summed E-state index contributed by atoms with van der Waals surface area (Å²) in [4.78, 5) is 11.8. The van der Waals surface area contributed by atoms with Gasteiger partial charge >= 0.3 is 0 Å². The molecule has 0 aliphatic rings. The van der Waals surface area contributed by atoms with E-state index in [2.05, 4.69) is 0 Å². The Morgan fingerprint density at radius 3 is 2.75 bits per heavy atom. The Labute approximate surface area is 102 Å². The smallest absolute Gasteiger partial charge is 0.140 e. The minimum atomic E-state index is 0.0867. The van der Waals surface area contributed by atoms with Gasteiger partial charge in [0.15, 0.2) is 0 Å². The van der Waals surface area contributed by atoms with E-state index >= 15 is 0 Å². The summed E-state index contributed by atoms with van der Waals surface area (Å²) in [6.07, 6.45) is 1.25. The predicted octanol–water partition coefficient (Wildman–Crippen LogP) is 3.51. The van der Waals surface area contributed by atoms with Crippen LogP contribution in [0.3, 0.4) is 0 Å². The van der Waals surface area contributed by atoms with E-state index < -0.39 is 0 Å². The standard InChI is InChI=1S/C13H17ClO2/c1-4-9(2)12(15)8-10-7-11(14)5-6-13(10)16-3/h5-7,9H,4,8H2,1-3H3. The molecular formula is C13H17ClO2. The van der Waals surface area contributed by atoms with Crippen LogP contribution in [-0.2, 0) is 11.2 Å². The number of halogens is 1. The molecule has 0 N–H and O–H groups in total. The molecule has 0 spiro atoms. The first kappa shape index (κ1) is 13.0. The van der Waals surface area contributed by atoms with Crippen molar-refractivity contribution >= 4 is 17.4 Å². The second kappa shape index (κ2) is 5.90. The molecule has 1 atom stereocenters. The maximum Gasteiger partial charge on any atom is 0.140 e. The minimum absolute atomic E-state index is 0.0867. The molecule has 0 amide bonds. The zero-order valence-electron chi connectivity index (χ0n) is 9.92. The van der Waals surface area contributed by atoms with E-state index in [1.54, 1.807) is 25.3 Å². The molecule has 3 heteroatoms. The number of benzene rings is 1. The first-order valence-electron chi connectivity index (χ1n) is 5.43. The van der Waals surface area contributed by atoms with E-state index in [-0.39, 0.29) is 11.7 Å². The summed E-state index contributed by atoms with van der Waals surface area (Å²) in [7, 11) is 1.60. The van der Waals surface area contributed by atoms with Crippen LogP contribution in [0.15, 0.2) is 18.2 Å². The number of Topliss-reactive ketones (excluding diaryl/α,β-unsaturated/α-hetero) is 1. The molecule has 0 saturated carbocycles. The molecule has 2 nitrogen and oxygen atoms in total. The van der Waals surface area contributed by atoms with Gasteiger partial charge in [-0.05, 0) is 24.6 Å². The Morgan fingerprint density at radius 2 is 2.19 bits per heavy atom. The SMILES string of the molecule is CCC(C)C(=O)Cc1cc(Cl)ccc1OC. The molecule has 1 aromatic carbocycles. The van der Waals surface area contributed by atoms with Gasteiger partial charge in [0.25, 0.3) is 0 Å². The van der Waals surface area contributed by atoms with E-state index in [1.165, 1.54) is 0 Å². The van der Waals surface area contributed by atoms with Gasteiger partial charge in [-0.25, -0.2) is 0 Å². The molecule has 0 aliphatic carbocycles. The minimum Gasteiger partial charge on any atom is -0.496 e. The van der Waals surface area contributed by atoms with Crippen molar-refractivity contribution < 1.29 is 9.53 Å². The lowest BCUT2D eigenvalue weighted by Crippen LogP contribution is -2.13. The molecule has 1 unspecified atom stereocenters. The van der Waals surface area contributed by atoms with Crippen LogP contribution in [0.4, 0.5) is 0 Å². The highest BCUT2D eigenvalue weighted by molar-refractivity contribution is 6.30. The fourth-order valence-corrected chi connectivity index (χ4v) is 1.67. The third kappa shape index (κ3) is 3.24. The van der Waals surface area contributed by atoms with Crippen LogP contribution in [0.1, 0.15) is 25.8 Å². The molecule has 1 aromatic rings. The van der Waals surface area contributed by atoms with Gasteiger partial charge < -0.3 is 4.74 Å². The van der Waals surface area contributed by atoms with Gasteiger partial charge in [0.2, 0.25) is 0 Å². The Bertz CT molecular complexity index is 374. The Morgan fingerprint density at radius 1 is 1.50 bits per heavy atom. The van der Waals surface area contributed by atoms with Gasteiger partial charge in [-0.15, -0.1) is 0 Å². The topological polar surface area (TPSA) is 26.3 Å². The lowest BCUT2D eigenvalue weighted by atomic mass is 9.97. The van der Waals surface area contributed by atoms with Crippen LogP contribution in [0, 0.1) is 5.92 Å². The number of carbonyl (C=O) groups excluding carboxylic acids is 1. The third-order valence-electron chi connectivity index (χ3n) is 2.77. The summed E-state index contributed by atoms with van der Waals surface area (Å²) in [5.74, 6) is 1.04. The molecule has 16 heavy (non-hydrogen) atoms. The summed E-state index contributed by atoms with van der Waals surface area (Å²) in [5.41, 5.74) is 0.861. The maximum atomic E-state index is 11.8. The Kier molecular flexibility index (Phi) is 4.81. The molecule has 0 saturated heterocycles. The van der Waals surface area contributed by atoms with Gasteiger partial charge in [0, 0.05) is 22.9 Å². The molecule has 0 heterocycles. The van der Waals surface area contributed by atoms with Gasteiger partial charge in [0.05, 0.1) is 7.11 Å². The van der Waals surface area contributed by atoms with Crippen LogP contribution in [0.25, 0.3) is 0 Å². The number of hydrogen-bond acceptors (Lipinski definition) is 2. The lowest BCUT2D eigenvalue weighted by molar-refractivity contribution is -0.121. The zero-order chi connectivity index (χ0) is 12.1. The lowest BCUT2D eigenvalue weighted by Gasteiger charge is -2.11. The third-order valence-corrected chi connectivity index (χ3v) is 3.00. The van der Waals surface area contributed by atoms with E-state index in [0.717, 1.165) is 17.7 Å². The summed E-state index contributed by atoms with van der Waals surface area (Å²) in [6.45, 7) is 3.96. The molecule has 0 aliphatic heterocycles. The number of ketones is 1. The molecule has 0 aromatic heterocycles. The summed E-state index contributed by atoms with van der Waals surface area (Å²) < 4.78 is 5.20. The van der Waals surface area contributed by atoms with Crippen LogP contribution in [0.2, 0.25) is 5.02 Å². The first-order chi connectivity index (χ1) is 7.58. The van der Waals surface area contributed by atoms with E-state index in [9.17, 15) is 4.79 Å². The van der Waals surface area contributed by atoms with Crippen molar-refractivity contribution in [1.29, 1.82) is 0 Å². The molecule has 0 radical (unpaired) electrons. The highest BCUT2D eigenvalue weighted by atomic mass is 35.5. The van der Waals surface area contributed by atoms with E-state index in [0.29, 0.717) is 11.4 Å². The normalized spacial score (nSPS) is 12.2. The highest BCUT2D eigenvalue weighted by Gasteiger charge is 2.14. The van der Waals surface area contributed by atoms with Crippen molar-refractivity contribution in [3.63, 3.8) is 0 Å². The molecule has 88 valence electrons. The monoisotopic (exact) mass is 240 g/mol. The van der Waals surface area contributed by atoms with Gasteiger partial charge in [0.1, 0.15) is 11.5 Å². The molecule has 1 rings (SSSR count). The Hall–Kier alpha value is -1.02. The number of rotatable bonds is 5. The zero-order valence-corrected chi connectivity index (χ0v) is 10.7. The van der Waals surface area contributed by atoms with Crippen LogP contribution < -0.4 is 4.74 Å². The highest BCUT2D eigenvalue weighted by Crippen LogP contribution is 2.24. The summed E-state index contributed by atoms with van der Waals surface area (Å²) in [6, 6.07) is 5.35. The van der Waals surface area contributed by atoms with Crippen molar-refractivity contribution in [3.05, 3.63) is 28.8 Å². The molecular weight excluding hydrogens is 224 g/mol. The summed E-state index contributed by atoms with van der Waals surface area (Å²) in [5, 5.41) is 0.632.